The fraction of sp³-hybridized carbons (Fsp3) is 0.278. The summed E-state index contributed by atoms with van der Waals surface area (Å²) in [6.45, 7) is 0.802. The standard InChI is InChI=1S/C18H19BrN2O3S/c19-15-6-8-17(9-7-15)25(23,24)21-12-10-16(11-13-21)20-18(22)14-4-2-1-3-5-14/h1-9,16H,10-13H2,(H,20,22). The molecule has 1 N–H and O–H groups in total. The quantitative estimate of drug-likeness (QED) is 0.822. The normalized spacial score (nSPS) is 16.5. The van der Waals surface area contributed by atoms with Crippen LogP contribution in [0.15, 0.2) is 64.0 Å². The van der Waals surface area contributed by atoms with Crippen molar-refractivity contribution in [3.05, 3.63) is 64.6 Å². The third kappa shape index (κ3) is 4.29. The van der Waals surface area contributed by atoms with Gasteiger partial charge in [-0.3, -0.25) is 4.79 Å². The Hall–Kier alpha value is -1.70. The number of rotatable bonds is 4. The Balaban J connectivity index is 1.60. The number of carbonyl (C=O) groups is 1. The number of piperidine rings is 1. The van der Waals surface area contributed by atoms with Crippen LogP contribution >= 0.6 is 15.9 Å². The third-order valence-corrected chi connectivity index (χ3v) is 6.72. The Bertz CT molecular complexity index is 830. The molecule has 2 aromatic carbocycles. The van der Waals surface area contributed by atoms with Crippen LogP contribution in [0.4, 0.5) is 0 Å². The van der Waals surface area contributed by atoms with Gasteiger partial charge in [-0.15, -0.1) is 0 Å². The van der Waals surface area contributed by atoms with E-state index in [4.69, 9.17) is 0 Å². The van der Waals surface area contributed by atoms with E-state index in [2.05, 4.69) is 21.2 Å². The highest BCUT2D eigenvalue weighted by Gasteiger charge is 2.29. The maximum absolute atomic E-state index is 12.7. The van der Waals surface area contributed by atoms with Gasteiger partial charge in [0.25, 0.3) is 5.91 Å². The van der Waals surface area contributed by atoms with E-state index in [1.807, 2.05) is 18.2 Å². The molecular weight excluding hydrogens is 404 g/mol. The van der Waals surface area contributed by atoms with Crippen LogP contribution in [-0.2, 0) is 10.0 Å². The minimum Gasteiger partial charge on any atom is -0.349 e. The lowest BCUT2D eigenvalue weighted by atomic mass is 10.1. The van der Waals surface area contributed by atoms with Gasteiger partial charge in [0, 0.05) is 29.2 Å². The van der Waals surface area contributed by atoms with Crippen molar-refractivity contribution >= 4 is 31.9 Å². The van der Waals surface area contributed by atoms with Crippen LogP contribution in [0.3, 0.4) is 0 Å². The third-order valence-electron chi connectivity index (χ3n) is 4.28. The van der Waals surface area contributed by atoms with Crippen LogP contribution in [0.1, 0.15) is 23.2 Å². The molecule has 1 aliphatic heterocycles. The van der Waals surface area contributed by atoms with Gasteiger partial charge in [0.05, 0.1) is 4.90 Å². The number of nitrogens with zero attached hydrogens (tertiary/aromatic N) is 1. The van der Waals surface area contributed by atoms with E-state index in [0.29, 0.717) is 36.4 Å². The summed E-state index contributed by atoms with van der Waals surface area (Å²) in [4.78, 5) is 12.5. The Morgan fingerprint density at radius 3 is 2.20 bits per heavy atom. The zero-order valence-corrected chi connectivity index (χ0v) is 16.0. The van der Waals surface area contributed by atoms with Gasteiger partial charge in [0.1, 0.15) is 0 Å². The van der Waals surface area contributed by atoms with Crippen molar-refractivity contribution in [1.82, 2.24) is 9.62 Å². The topological polar surface area (TPSA) is 66.5 Å². The van der Waals surface area contributed by atoms with E-state index in [1.54, 1.807) is 36.4 Å². The summed E-state index contributed by atoms with van der Waals surface area (Å²) in [6, 6.07) is 15.7. The van der Waals surface area contributed by atoms with E-state index >= 15 is 0 Å². The molecule has 1 fully saturated rings. The molecule has 7 heteroatoms. The van der Waals surface area contributed by atoms with E-state index in [1.165, 1.54) is 4.31 Å². The molecule has 132 valence electrons. The summed E-state index contributed by atoms with van der Waals surface area (Å²) < 4.78 is 27.7. The summed E-state index contributed by atoms with van der Waals surface area (Å²) in [5, 5.41) is 2.99. The van der Waals surface area contributed by atoms with E-state index in [-0.39, 0.29) is 11.9 Å². The van der Waals surface area contributed by atoms with Crippen molar-refractivity contribution in [1.29, 1.82) is 0 Å². The molecule has 3 rings (SSSR count). The summed E-state index contributed by atoms with van der Waals surface area (Å²) in [5.41, 5.74) is 0.618. The van der Waals surface area contributed by atoms with E-state index in [9.17, 15) is 13.2 Å². The smallest absolute Gasteiger partial charge is 0.251 e. The second-order valence-electron chi connectivity index (χ2n) is 5.97. The maximum Gasteiger partial charge on any atom is 0.251 e. The van der Waals surface area contributed by atoms with Crippen LogP contribution in [0, 0.1) is 0 Å². The second kappa shape index (κ2) is 7.68. The number of hydrogen-bond donors (Lipinski definition) is 1. The molecule has 1 amide bonds. The molecule has 0 saturated carbocycles. The minimum absolute atomic E-state index is 0.0101. The maximum atomic E-state index is 12.7. The van der Waals surface area contributed by atoms with Gasteiger partial charge in [-0.2, -0.15) is 4.31 Å². The Labute approximate surface area is 156 Å². The molecule has 0 atom stereocenters. The molecule has 0 bridgehead atoms. The summed E-state index contributed by atoms with van der Waals surface area (Å²) in [7, 11) is -3.48. The van der Waals surface area contributed by atoms with Crippen molar-refractivity contribution < 1.29 is 13.2 Å². The molecule has 1 saturated heterocycles. The number of nitrogens with one attached hydrogen (secondary N) is 1. The molecule has 1 aliphatic rings. The van der Waals surface area contributed by atoms with Crippen molar-refractivity contribution in [3.8, 4) is 0 Å². The zero-order chi connectivity index (χ0) is 17.9. The minimum atomic E-state index is -3.48. The first-order chi connectivity index (χ1) is 12.0. The molecule has 0 unspecified atom stereocenters. The Morgan fingerprint density at radius 1 is 1.00 bits per heavy atom. The molecule has 0 aliphatic carbocycles. The van der Waals surface area contributed by atoms with Crippen LogP contribution < -0.4 is 5.32 Å². The fourth-order valence-corrected chi connectivity index (χ4v) is 4.59. The average molecular weight is 423 g/mol. The van der Waals surface area contributed by atoms with Gasteiger partial charge in [-0.1, -0.05) is 34.1 Å². The van der Waals surface area contributed by atoms with Gasteiger partial charge in [-0.25, -0.2) is 8.42 Å². The first kappa shape index (κ1) is 18.1. The van der Waals surface area contributed by atoms with Crippen LogP contribution in [0.2, 0.25) is 0 Å². The predicted octanol–water partition coefficient (Wildman–Crippen LogP) is 3.03. The fourth-order valence-electron chi connectivity index (χ4n) is 2.85. The Kier molecular flexibility index (Phi) is 5.56. The number of benzene rings is 2. The molecule has 5 nitrogen and oxygen atoms in total. The highest BCUT2D eigenvalue weighted by molar-refractivity contribution is 9.10. The highest BCUT2D eigenvalue weighted by atomic mass is 79.9. The predicted molar refractivity (Wildman–Crippen MR) is 99.8 cm³/mol. The number of amides is 1. The lowest BCUT2D eigenvalue weighted by Crippen LogP contribution is -2.46. The first-order valence-corrected chi connectivity index (χ1v) is 10.3. The zero-order valence-electron chi connectivity index (χ0n) is 13.6. The van der Waals surface area contributed by atoms with E-state index in [0.717, 1.165) is 4.47 Å². The first-order valence-electron chi connectivity index (χ1n) is 8.08. The van der Waals surface area contributed by atoms with Gasteiger partial charge >= 0.3 is 0 Å². The van der Waals surface area contributed by atoms with Crippen LogP contribution in [-0.4, -0.2) is 37.8 Å². The van der Waals surface area contributed by atoms with Crippen molar-refractivity contribution in [2.45, 2.75) is 23.8 Å². The molecule has 0 aromatic heterocycles. The molecule has 0 radical (unpaired) electrons. The van der Waals surface area contributed by atoms with E-state index < -0.39 is 10.0 Å². The summed E-state index contributed by atoms with van der Waals surface area (Å²) >= 11 is 3.31. The van der Waals surface area contributed by atoms with Crippen molar-refractivity contribution in [2.24, 2.45) is 0 Å². The van der Waals surface area contributed by atoms with Crippen LogP contribution in [0.5, 0.6) is 0 Å². The summed E-state index contributed by atoms with van der Waals surface area (Å²) in [5.74, 6) is -0.116. The number of hydrogen-bond acceptors (Lipinski definition) is 3. The SMILES string of the molecule is O=C(NC1CCN(S(=O)(=O)c2ccc(Br)cc2)CC1)c1ccccc1. The lowest BCUT2D eigenvalue weighted by molar-refractivity contribution is 0.0924. The van der Waals surface area contributed by atoms with Crippen molar-refractivity contribution in [3.63, 3.8) is 0 Å². The molecular formula is C18H19BrN2O3S. The Morgan fingerprint density at radius 2 is 1.60 bits per heavy atom. The van der Waals surface area contributed by atoms with Gasteiger partial charge in [-0.05, 0) is 49.2 Å². The second-order valence-corrected chi connectivity index (χ2v) is 8.83. The average Bonchev–Trinajstić information content (AvgIpc) is 2.63. The molecule has 25 heavy (non-hydrogen) atoms. The molecule has 2 aromatic rings. The lowest BCUT2D eigenvalue weighted by Gasteiger charge is -2.31. The molecule has 1 heterocycles. The summed E-state index contributed by atoms with van der Waals surface area (Å²) in [6.07, 6.45) is 1.21. The number of carbonyl (C=O) groups excluding carboxylic acids is 1. The molecule has 0 spiro atoms. The highest BCUT2D eigenvalue weighted by Crippen LogP contribution is 2.22. The monoisotopic (exact) mass is 422 g/mol. The van der Waals surface area contributed by atoms with Gasteiger partial charge in [0.15, 0.2) is 0 Å². The van der Waals surface area contributed by atoms with Gasteiger partial charge in [0.2, 0.25) is 10.0 Å². The number of halogens is 1. The van der Waals surface area contributed by atoms with Crippen LogP contribution in [0.25, 0.3) is 0 Å². The largest absolute Gasteiger partial charge is 0.349 e. The van der Waals surface area contributed by atoms with Gasteiger partial charge < -0.3 is 5.32 Å². The number of sulfonamides is 1. The van der Waals surface area contributed by atoms with Crippen molar-refractivity contribution in [2.75, 3.05) is 13.1 Å².